The number of hydrogen-bond acceptors (Lipinski definition) is 3. The monoisotopic (exact) mass is 375 g/mol. The molecule has 4 saturated heterocycles. The first-order valence-electron chi connectivity index (χ1n) is 8.94. The number of likely N-dealkylation sites (tertiary alicyclic amines) is 2. The minimum absolute atomic E-state index is 0. The van der Waals surface area contributed by atoms with E-state index in [4.69, 9.17) is 0 Å². The van der Waals surface area contributed by atoms with Crippen molar-refractivity contribution in [2.24, 2.45) is 0 Å². The molecule has 0 aliphatic carbocycles. The van der Waals surface area contributed by atoms with Crippen LogP contribution in [0, 0.1) is 0 Å². The fraction of sp³-hybridized carbons (Fsp3) is 1.00. The van der Waals surface area contributed by atoms with Crippen LogP contribution in [-0.4, -0.2) is 65.3 Å². The third-order valence-corrected chi connectivity index (χ3v) is 9.38. The van der Waals surface area contributed by atoms with Crippen molar-refractivity contribution in [3.8, 4) is 0 Å². The van der Waals surface area contributed by atoms with Crippen LogP contribution < -0.4 is 0 Å². The van der Waals surface area contributed by atoms with Gasteiger partial charge in [0, 0.05) is 47.3 Å². The lowest BCUT2D eigenvalue weighted by Gasteiger charge is -2.52. The van der Waals surface area contributed by atoms with Crippen molar-refractivity contribution in [3.05, 3.63) is 0 Å². The van der Waals surface area contributed by atoms with Gasteiger partial charge in [0.25, 0.3) is 0 Å². The van der Waals surface area contributed by atoms with E-state index in [-0.39, 0.29) is 25.1 Å². The first-order valence-corrected chi connectivity index (χ1v) is 10.4. The lowest BCUT2D eigenvalue weighted by atomic mass is 10.2. The minimum atomic E-state index is 0. The molecular weight excluding hydrogens is 345 g/mol. The summed E-state index contributed by atoms with van der Waals surface area (Å²) < 4.78 is 2.93. The van der Waals surface area contributed by atoms with Crippen LogP contribution in [0.3, 0.4) is 0 Å². The van der Waals surface area contributed by atoms with Gasteiger partial charge in [0.1, 0.15) is 5.40 Å². The highest BCUT2D eigenvalue weighted by Gasteiger charge is 2.54. The van der Waals surface area contributed by atoms with E-state index in [1.54, 1.807) is 0 Å². The Morgan fingerprint density at radius 2 is 1.10 bits per heavy atom. The summed E-state index contributed by atoms with van der Waals surface area (Å²) in [6.07, 6.45) is 13.1. The molecular formula is C16H31BrN3P. The van der Waals surface area contributed by atoms with Crippen LogP contribution in [0.4, 0.5) is 0 Å². The van der Waals surface area contributed by atoms with E-state index in [1.807, 2.05) is 0 Å². The van der Waals surface area contributed by atoms with E-state index in [9.17, 15) is 0 Å². The molecule has 4 fully saturated rings. The molecule has 0 aromatic heterocycles. The Hall–Kier alpha value is 0.790. The lowest BCUT2D eigenvalue weighted by molar-refractivity contribution is 0.0366. The molecule has 1 unspecified atom stereocenters. The van der Waals surface area contributed by atoms with Crippen molar-refractivity contribution in [2.75, 3.05) is 45.4 Å². The summed E-state index contributed by atoms with van der Waals surface area (Å²) in [5, 5.41) is 0.493. The average molecular weight is 376 g/mol. The second-order valence-corrected chi connectivity index (χ2v) is 9.58. The van der Waals surface area contributed by atoms with Crippen LogP contribution in [0.1, 0.15) is 51.4 Å². The molecule has 21 heavy (non-hydrogen) atoms. The van der Waals surface area contributed by atoms with E-state index in [2.05, 4.69) is 14.5 Å². The molecule has 4 heterocycles. The Bertz CT molecular complexity index is 320. The highest BCUT2D eigenvalue weighted by atomic mass is 79.9. The topological polar surface area (TPSA) is 9.72 Å². The van der Waals surface area contributed by atoms with Crippen molar-refractivity contribution < 1.29 is 0 Å². The molecule has 0 spiro atoms. The Labute approximate surface area is 142 Å². The molecule has 4 aliphatic heterocycles. The highest BCUT2D eigenvalue weighted by molar-refractivity contribution is 8.93. The summed E-state index contributed by atoms with van der Waals surface area (Å²) in [5.74, 6) is 0. The Kier molecular flexibility index (Phi) is 5.65. The lowest BCUT2D eigenvalue weighted by Crippen LogP contribution is -2.57. The van der Waals surface area contributed by atoms with Crippen LogP contribution in [0.15, 0.2) is 0 Å². The van der Waals surface area contributed by atoms with Gasteiger partial charge in [-0.1, -0.05) is 0 Å². The second-order valence-electron chi connectivity index (χ2n) is 7.05. The Morgan fingerprint density at radius 3 is 1.62 bits per heavy atom. The summed E-state index contributed by atoms with van der Waals surface area (Å²) in [5.41, 5.74) is 0. The number of hydrogen-bond donors (Lipinski definition) is 0. The fourth-order valence-electron chi connectivity index (χ4n) is 5.08. The van der Waals surface area contributed by atoms with Crippen molar-refractivity contribution in [1.82, 2.24) is 14.5 Å². The maximum absolute atomic E-state index is 2.94. The first kappa shape index (κ1) is 16.6. The molecule has 122 valence electrons. The second kappa shape index (κ2) is 7.13. The number of halogens is 1. The summed E-state index contributed by atoms with van der Waals surface area (Å²) in [6, 6.07) is 0. The smallest absolute Gasteiger partial charge is 0.108 e. The van der Waals surface area contributed by atoms with Gasteiger partial charge in [-0.15, -0.1) is 17.0 Å². The largest absolute Gasteiger partial charge is 0.281 e. The predicted octanol–water partition coefficient (Wildman–Crippen LogP) is 3.70. The van der Waals surface area contributed by atoms with Crippen LogP contribution in [-0.2, 0) is 0 Å². The Balaban J connectivity index is 0.00000132. The van der Waals surface area contributed by atoms with Gasteiger partial charge < -0.3 is 0 Å². The molecule has 4 rings (SSSR count). The predicted molar refractivity (Wildman–Crippen MR) is 96.5 cm³/mol. The van der Waals surface area contributed by atoms with Crippen molar-refractivity contribution >= 4 is 25.1 Å². The molecule has 0 bridgehead atoms. The number of rotatable bonds is 3. The van der Waals surface area contributed by atoms with Gasteiger partial charge in [-0.25, -0.2) is 0 Å². The Morgan fingerprint density at radius 1 is 0.619 bits per heavy atom. The van der Waals surface area contributed by atoms with Gasteiger partial charge in [0.05, 0.1) is 0 Å². The normalized spacial score (nSPS) is 34.6. The van der Waals surface area contributed by atoms with Gasteiger partial charge in [-0.3, -0.25) is 14.5 Å². The van der Waals surface area contributed by atoms with Gasteiger partial charge >= 0.3 is 0 Å². The average Bonchev–Trinajstić information content (AvgIpc) is 3.23. The van der Waals surface area contributed by atoms with Gasteiger partial charge in [-0.2, -0.15) is 0 Å². The van der Waals surface area contributed by atoms with Crippen LogP contribution in [0.5, 0.6) is 0 Å². The van der Waals surface area contributed by atoms with Crippen LogP contribution in [0.25, 0.3) is 0 Å². The van der Waals surface area contributed by atoms with Crippen molar-refractivity contribution in [1.29, 1.82) is 0 Å². The quantitative estimate of drug-likeness (QED) is 0.696. The summed E-state index contributed by atoms with van der Waals surface area (Å²) in [7, 11) is 0.0692. The molecule has 0 saturated carbocycles. The summed E-state index contributed by atoms with van der Waals surface area (Å²) in [6.45, 7) is 8.31. The first-order chi connectivity index (χ1) is 9.91. The molecule has 0 aromatic rings. The summed E-state index contributed by atoms with van der Waals surface area (Å²) >= 11 is 0. The molecule has 5 heteroatoms. The third kappa shape index (κ3) is 2.85. The zero-order chi connectivity index (χ0) is 13.4. The fourth-order valence-corrected chi connectivity index (χ4v) is 8.86. The minimum Gasteiger partial charge on any atom is -0.281 e. The van der Waals surface area contributed by atoms with Gasteiger partial charge in [0.15, 0.2) is 0 Å². The zero-order valence-corrected chi connectivity index (χ0v) is 15.9. The van der Waals surface area contributed by atoms with Gasteiger partial charge in [-0.05, 0) is 57.5 Å². The highest BCUT2D eigenvalue weighted by Crippen LogP contribution is 2.65. The molecule has 0 aromatic carbocycles. The van der Waals surface area contributed by atoms with Crippen LogP contribution >= 0.6 is 25.1 Å². The molecule has 0 amide bonds. The maximum atomic E-state index is 2.94. The van der Waals surface area contributed by atoms with Gasteiger partial charge in [0.2, 0.25) is 0 Å². The van der Waals surface area contributed by atoms with E-state index in [0.717, 1.165) is 0 Å². The summed E-state index contributed by atoms with van der Waals surface area (Å²) in [4.78, 5) is 5.88. The van der Waals surface area contributed by atoms with E-state index in [0.29, 0.717) is 5.40 Å². The van der Waals surface area contributed by atoms with Crippen molar-refractivity contribution in [3.63, 3.8) is 0 Å². The van der Waals surface area contributed by atoms with Crippen molar-refractivity contribution in [2.45, 2.75) is 56.8 Å². The number of nitrogens with zero attached hydrogens (tertiary/aromatic N) is 3. The standard InChI is InChI=1S/C16H30N3P.BrH/c1-2-10-17(9-1)16(18-11-3-4-12-18)8-7-15-20(16)19-13-5-6-14-19;/h1-15H2;1H. The SMILES string of the molecule is Br.C1CCN(P2CCCC2(N2CCCC2)N2CCCC2)C1. The third-order valence-electron chi connectivity index (χ3n) is 5.94. The molecule has 0 radical (unpaired) electrons. The van der Waals surface area contributed by atoms with E-state index < -0.39 is 0 Å². The van der Waals surface area contributed by atoms with Crippen LogP contribution in [0.2, 0.25) is 0 Å². The molecule has 1 atom stereocenters. The van der Waals surface area contributed by atoms with E-state index in [1.165, 1.54) is 96.8 Å². The molecule has 4 aliphatic rings. The molecule has 0 N–H and O–H groups in total. The molecule has 3 nitrogen and oxygen atoms in total. The maximum Gasteiger partial charge on any atom is 0.108 e. The van der Waals surface area contributed by atoms with E-state index >= 15 is 0 Å². The zero-order valence-electron chi connectivity index (χ0n) is 13.3.